The van der Waals surface area contributed by atoms with Gasteiger partial charge in [-0.1, -0.05) is 107 Å². The van der Waals surface area contributed by atoms with Crippen molar-refractivity contribution >= 4 is 36.9 Å². The molecule has 3 atom stereocenters. The van der Waals surface area contributed by atoms with Crippen LogP contribution in [0.25, 0.3) is 22.0 Å². The first-order valence-electron chi connectivity index (χ1n) is 18.9. The summed E-state index contributed by atoms with van der Waals surface area (Å²) in [6, 6.07) is 31.5. The van der Waals surface area contributed by atoms with Crippen LogP contribution in [0.4, 0.5) is 10.5 Å². The van der Waals surface area contributed by atoms with E-state index in [2.05, 4.69) is 56.4 Å². The molecule has 0 spiro atoms. The van der Waals surface area contributed by atoms with Crippen LogP contribution in [0, 0.1) is 0 Å². The van der Waals surface area contributed by atoms with Crippen LogP contribution in [0.2, 0.25) is 18.1 Å². The molecule has 290 valence electrons. The van der Waals surface area contributed by atoms with Crippen LogP contribution >= 0.6 is 0 Å². The summed E-state index contributed by atoms with van der Waals surface area (Å²) in [6.45, 7) is 15.5. The molecule has 11 heteroatoms. The van der Waals surface area contributed by atoms with Crippen LogP contribution in [-0.2, 0) is 22.1 Å². The van der Waals surface area contributed by atoms with Crippen molar-refractivity contribution < 1.29 is 24.2 Å². The van der Waals surface area contributed by atoms with Crippen molar-refractivity contribution in [1.82, 2.24) is 15.6 Å². The largest absolute Gasteiger partial charge is 0.506 e. The highest BCUT2D eigenvalue weighted by Gasteiger charge is 2.40. The first kappa shape index (κ1) is 40.9. The van der Waals surface area contributed by atoms with Gasteiger partial charge < -0.3 is 30.3 Å². The van der Waals surface area contributed by atoms with Crippen molar-refractivity contribution in [3.05, 3.63) is 130 Å². The number of aromatic nitrogens is 1. The number of fused-ring (bicyclic) bond motifs is 1. The molecule has 0 saturated carbocycles. The number of nitrogens with zero attached hydrogens (tertiary/aromatic N) is 1. The smallest absolute Gasteiger partial charge is 0.413 e. The zero-order chi connectivity index (χ0) is 39.9. The van der Waals surface area contributed by atoms with E-state index in [0.717, 1.165) is 33.2 Å². The fraction of sp³-hybridized carbons (Fsp3) is 0.341. The number of benzene rings is 4. The molecule has 2 amide bonds. The van der Waals surface area contributed by atoms with E-state index in [9.17, 15) is 24.6 Å². The number of phenolic OH excluding ortho intramolecular Hbond substituents is 1. The summed E-state index contributed by atoms with van der Waals surface area (Å²) in [5, 5.41) is 28.3. The molecule has 0 fully saturated rings. The number of hydrogen-bond donors (Lipinski definition) is 5. The highest BCUT2D eigenvalue weighted by atomic mass is 28.4. The maximum absolute atomic E-state index is 13.5. The fourth-order valence-corrected chi connectivity index (χ4v) is 7.88. The summed E-state index contributed by atoms with van der Waals surface area (Å²) < 4.78 is 6.98. The van der Waals surface area contributed by atoms with Gasteiger partial charge >= 0.3 is 6.09 Å². The number of anilines is 1. The van der Waals surface area contributed by atoms with Gasteiger partial charge in [-0.25, -0.2) is 4.79 Å². The normalized spacial score (nSPS) is 13.6. The van der Waals surface area contributed by atoms with Gasteiger partial charge in [0.1, 0.15) is 11.9 Å². The lowest BCUT2D eigenvalue weighted by atomic mass is 10.0. The van der Waals surface area contributed by atoms with E-state index in [1.807, 2.05) is 79.7 Å². The van der Waals surface area contributed by atoms with E-state index in [1.165, 1.54) is 11.0 Å². The SMILES string of the molecule is CCC(NC(=O)Cc1cccc(C[C@H](C)NC[C@@H](O[Si](C)(C)C(C)(C)C)c2ccc(O)c3[nH]c(=O)ccc23)c1)N(C(=O)O)c1ccccc1-c1ccccc1. The van der Waals surface area contributed by atoms with Gasteiger partial charge in [0.15, 0.2) is 8.32 Å². The van der Waals surface area contributed by atoms with E-state index < -0.39 is 20.6 Å². The number of amides is 2. The number of aromatic amines is 1. The maximum Gasteiger partial charge on any atom is 0.413 e. The van der Waals surface area contributed by atoms with Crippen LogP contribution in [0.5, 0.6) is 5.75 Å². The predicted molar refractivity (Wildman–Crippen MR) is 223 cm³/mol. The lowest BCUT2D eigenvalue weighted by Crippen LogP contribution is -2.51. The minimum absolute atomic E-state index is 0.00948. The Kier molecular flexibility index (Phi) is 13.0. The van der Waals surface area contributed by atoms with E-state index in [4.69, 9.17) is 4.43 Å². The Bertz CT molecular complexity index is 2160. The van der Waals surface area contributed by atoms with Gasteiger partial charge in [-0.05, 0) is 78.4 Å². The molecule has 0 aliphatic carbocycles. The number of carbonyl (C=O) groups is 2. The molecule has 5 N–H and O–H groups in total. The second-order valence-electron chi connectivity index (χ2n) is 15.7. The van der Waals surface area contributed by atoms with Gasteiger partial charge in [-0.2, -0.15) is 0 Å². The molecule has 0 aliphatic rings. The fourth-order valence-electron chi connectivity index (χ4n) is 6.61. The van der Waals surface area contributed by atoms with E-state index in [0.29, 0.717) is 30.6 Å². The number of pyridine rings is 1. The maximum atomic E-state index is 13.5. The molecule has 0 saturated heterocycles. The summed E-state index contributed by atoms with van der Waals surface area (Å²) in [5.74, 6) is -0.262. The molecule has 0 aliphatic heterocycles. The summed E-state index contributed by atoms with van der Waals surface area (Å²) in [6.07, 6.45) is -1.10. The molecule has 10 nitrogen and oxygen atoms in total. The average molecular weight is 763 g/mol. The number of carbonyl (C=O) groups excluding carboxylic acids is 1. The van der Waals surface area contributed by atoms with E-state index >= 15 is 0 Å². The van der Waals surface area contributed by atoms with E-state index in [-0.39, 0.29) is 40.8 Å². The van der Waals surface area contributed by atoms with Gasteiger partial charge in [-0.3, -0.25) is 14.5 Å². The lowest BCUT2D eigenvalue weighted by molar-refractivity contribution is -0.121. The molecule has 0 bridgehead atoms. The Morgan fingerprint density at radius 1 is 0.909 bits per heavy atom. The topological polar surface area (TPSA) is 144 Å². The van der Waals surface area contributed by atoms with Crippen molar-refractivity contribution in [2.45, 2.75) is 90.3 Å². The minimum Gasteiger partial charge on any atom is -0.506 e. The molecule has 55 heavy (non-hydrogen) atoms. The third-order valence-electron chi connectivity index (χ3n) is 10.5. The standard InChI is InChI=1S/C44H54N4O6Si/c1-8-39(48(43(52)53)36-20-13-12-19-33(36)32-17-10-9-11-18-32)46-41(51)27-31-16-14-15-30(26-31)25-29(2)45-28-38(54-55(6,7)44(3,4)5)34-21-23-37(49)42-35(34)22-24-40(50)47-42/h9-24,26,29,38-39,45,49H,8,25,27-28H2,1-7H3,(H,46,51)(H,47,50)(H,52,53)/t29-,38+,39?/m0/s1. The molecule has 5 aromatic rings. The third-order valence-corrected chi connectivity index (χ3v) is 15.0. The van der Waals surface area contributed by atoms with Crippen molar-refractivity contribution in [1.29, 1.82) is 0 Å². The number of phenols is 1. The lowest BCUT2D eigenvalue weighted by Gasteiger charge is -2.40. The number of para-hydroxylation sites is 1. The summed E-state index contributed by atoms with van der Waals surface area (Å²) in [5.41, 5.74) is 5.02. The van der Waals surface area contributed by atoms with Crippen LogP contribution in [-0.4, -0.2) is 54.3 Å². The molecule has 0 radical (unpaired) electrons. The summed E-state index contributed by atoms with van der Waals surface area (Å²) >= 11 is 0. The summed E-state index contributed by atoms with van der Waals surface area (Å²) in [4.78, 5) is 42.3. The number of carboxylic acid groups (broad SMARTS) is 1. The van der Waals surface area contributed by atoms with Crippen molar-refractivity contribution in [3.63, 3.8) is 0 Å². The Morgan fingerprint density at radius 2 is 1.60 bits per heavy atom. The van der Waals surface area contributed by atoms with Gasteiger partial charge in [0.25, 0.3) is 0 Å². The predicted octanol–water partition coefficient (Wildman–Crippen LogP) is 8.76. The Hall–Kier alpha value is -5.23. The monoisotopic (exact) mass is 762 g/mol. The zero-order valence-corrected chi connectivity index (χ0v) is 33.9. The third kappa shape index (κ3) is 10.1. The van der Waals surface area contributed by atoms with Crippen LogP contribution < -0.4 is 21.1 Å². The van der Waals surface area contributed by atoms with Crippen LogP contribution in [0.15, 0.2) is 108 Å². The second-order valence-corrected chi connectivity index (χ2v) is 20.4. The highest BCUT2D eigenvalue weighted by molar-refractivity contribution is 6.74. The molecule has 1 aromatic heterocycles. The number of rotatable bonds is 15. The molecule has 1 heterocycles. The Morgan fingerprint density at radius 3 is 2.29 bits per heavy atom. The molecule has 5 rings (SSSR count). The van der Waals surface area contributed by atoms with Gasteiger partial charge in [0, 0.05) is 29.6 Å². The molecular weight excluding hydrogens is 709 g/mol. The number of H-pyrrole nitrogens is 1. The highest BCUT2D eigenvalue weighted by Crippen LogP contribution is 2.41. The quantitative estimate of drug-likeness (QED) is 0.0530. The zero-order valence-electron chi connectivity index (χ0n) is 32.9. The number of aromatic hydroxyl groups is 1. The number of nitrogens with one attached hydrogen (secondary N) is 3. The van der Waals surface area contributed by atoms with Crippen molar-refractivity contribution in [3.8, 4) is 16.9 Å². The minimum atomic E-state index is -2.25. The Balaban J connectivity index is 1.28. The van der Waals surface area contributed by atoms with Crippen molar-refractivity contribution in [2.24, 2.45) is 0 Å². The van der Waals surface area contributed by atoms with Gasteiger partial charge in [-0.15, -0.1) is 0 Å². The first-order chi connectivity index (χ1) is 26.1. The molecule has 1 unspecified atom stereocenters. The first-order valence-corrected chi connectivity index (χ1v) is 21.8. The van der Waals surface area contributed by atoms with Gasteiger partial charge in [0.05, 0.1) is 23.7 Å². The van der Waals surface area contributed by atoms with Gasteiger partial charge in [0.2, 0.25) is 11.5 Å². The molecular formula is C44H54N4O6Si. The second kappa shape index (κ2) is 17.5. The number of hydrogen-bond acceptors (Lipinski definition) is 6. The van der Waals surface area contributed by atoms with Crippen LogP contribution in [0.3, 0.4) is 0 Å². The summed E-state index contributed by atoms with van der Waals surface area (Å²) in [7, 11) is -2.25. The van der Waals surface area contributed by atoms with E-state index in [1.54, 1.807) is 24.3 Å². The van der Waals surface area contributed by atoms with Crippen molar-refractivity contribution in [2.75, 3.05) is 11.4 Å². The molecule has 4 aromatic carbocycles. The average Bonchev–Trinajstić information content (AvgIpc) is 3.13. The Labute approximate surface area is 324 Å². The van der Waals surface area contributed by atoms with Crippen LogP contribution in [0.1, 0.15) is 63.8 Å².